The first-order valence-corrected chi connectivity index (χ1v) is 10.1. The number of fused-ring (bicyclic) bond motifs is 4. The van der Waals surface area contributed by atoms with E-state index in [-0.39, 0.29) is 12.5 Å². The number of amides is 4. The summed E-state index contributed by atoms with van der Waals surface area (Å²) in [6, 6.07) is 5.18. The van der Waals surface area contributed by atoms with Gasteiger partial charge in [-0.05, 0) is 43.2 Å². The van der Waals surface area contributed by atoms with E-state index in [1.807, 2.05) is 13.0 Å². The molecule has 3 atom stereocenters. The van der Waals surface area contributed by atoms with Crippen molar-refractivity contribution in [1.82, 2.24) is 15.6 Å². The SMILES string of the molecule is C[C@@H]1CN2c3c(F)cc(-c4cccnc4)cc3CC3(C(=O)NC(=O)NC3=O)[C@H]2[C@H](C)O1. The first-order valence-electron chi connectivity index (χ1n) is 10.1. The van der Waals surface area contributed by atoms with Gasteiger partial charge in [-0.3, -0.25) is 25.2 Å². The molecule has 1 aromatic heterocycles. The van der Waals surface area contributed by atoms with Gasteiger partial charge in [0.05, 0.1) is 23.9 Å². The summed E-state index contributed by atoms with van der Waals surface area (Å²) in [6.07, 6.45) is 2.42. The standard InChI is InChI=1S/C22H21FN4O4/c1-11-10-27-17-15(6-14(7-16(17)23)13-4-3-5-24-9-13)8-22(18(27)12(2)31-11)19(28)25-21(30)26-20(22)29/h3-7,9,11-12,18H,8,10H2,1-2H3,(H2,25,26,28,29,30)/t11-,12+,18-/m1/s1. The van der Waals surface area contributed by atoms with Crippen LogP contribution in [0.1, 0.15) is 19.4 Å². The fourth-order valence-electron chi connectivity index (χ4n) is 5.24. The molecule has 5 rings (SSSR count). The molecule has 9 heteroatoms. The molecule has 0 bridgehead atoms. The molecule has 2 aromatic rings. The normalized spacial score (nSPS) is 26.7. The summed E-state index contributed by atoms with van der Waals surface area (Å²) in [5, 5.41) is 4.46. The molecule has 160 valence electrons. The number of carbonyl (C=O) groups excluding carboxylic acids is 3. The highest BCUT2D eigenvalue weighted by atomic mass is 19.1. The third-order valence-electron chi connectivity index (χ3n) is 6.34. The lowest BCUT2D eigenvalue weighted by atomic mass is 9.66. The van der Waals surface area contributed by atoms with E-state index in [0.29, 0.717) is 23.4 Å². The number of anilines is 1. The maximum Gasteiger partial charge on any atom is 0.328 e. The molecule has 2 fully saturated rings. The second kappa shape index (κ2) is 6.84. The Hall–Kier alpha value is -3.33. The second-order valence-electron chi connectivity index (χ2n) is 8.34. The van der Waals surface area contributed by atoms with Crippen molar-refractivity contribution in [2.24, 2.45) is 5.41 Å². The Labute approximate surface area is 177 Å². The van der Waals surface area contributed by atoms with Crippen LogP contribution in [0.2, 0.25) is 0 Å². The molecule has 3 aliphatic rings. The fraction of sp³-hybridized carbons (Fsp3) is 0.364. The number of morpholine rings is 1. The summed E-state index contributed by atoms with van der Waals surface area (Å²) >= 11 is 0. The minimum absolute atomic E-state index is 0.0540. The maximum atomic E-state index is 15.5. The fourth-order valence-corrected chi connectivity index (χ4v) is 5.24. The average Bonchev–Trinajstić information content (AvgIpc) is 2.71. The number of hydrogen-bond donors (Lipinski definition) is 2. The summed E-state index contributed by atoms with van der Waals surface area (Å²) in [7, 11) is 0. The molecule has 1 spiro atoms. The Balaban J connectivity index is 1.72. The van der Waals surface area contributed by atoms with Crippen LogP contribution >= 0.6 is 0 Å². The zero-order valence-electron chi connectivity index (χ0n) is 17.0. The molecule has 2 saturated heterocycles. The third kappa shape index (κ3) is 2.83. The first-order chi connectivity index (χ1) is 14.8. The van der Waals surface area contributed by atoms with Gasteiger partial charge < -0.3 is 9.64 Å². The molecule has 0 unspecified atom stereocenters. The van der Waals surface area contributed by atoms with Gasteiger partial charge in [0.25, 0.3) is 0 Å². The number of nitrogens with zero attached hydrogens (tertiary/aromatic N) is 2. The van der Waals surface area contributed by atoms with E-state index in [1.54, 1.807) is 36.4 Å². The van der Waals surface area contributed by atoms with Crippen LogP contribution in [0.3, 0.4) is 0 Å². The summed E-state index contributed by atoms with van der Waals surface area (Å²) in [5.74, 6) is -1.83. The largest absolute Gasteiger partial charge is 0.372 e. The molecule has 8 nitrogen and oxygen atoms in total. The number of rotatable bonds is 1. The van der Waals surface area contributed by atoms with Crippen molar-refractivity contribution in [1.29, 1.82) is 0 Å². The van der Waals surface area contributed by atoms with Gasteiger partial charge in [-0.15, -0.1) is 0 Å². The summed E-state index contributed by atoms with van der Waals surface area (Å²) < 4.78 is 21.4. The Morgan fingerprint density at radius 1 is 1.16 bits per heavy atom. The summed E-state index contributed by atoms with van der Waals surface area (Å²) in [5.41, 5.74) is 0.580. The van der Waals surface area contributed by atoms with Gasteiger partial charge in [0.1, 0.15) is 5.82 Å². The lowest BCUT2D eigenvalue weighted by molar-refractivity contribution is -0.153. The van der Waals surface area contributed by atoms with Gasteiger partial charge >= 0.3 is 6.03 Å². The molecule has 0 aliphatic carbocycles. The number of barbiturate groups is 1. The monoisotopic (exact) mass is 424 g/mol. The smallest absolute Gasteiger partial charge is 0.328 e. The van der Waals surface area contributed by atoms with Gasteiger partial charge in [-0.25, -0.2) is 9.18 Å². The zero-order valence-corrected chi connectivity index (χ0v) is 17.0. The van der Waals surface area contributed by atoms with Crippen LogP contribution in [0.5, 0.6) is 0 Å². The van der Waals surface area contributed by atoms with Crippen molar-refractivity contribution in [2.45, 2.75) is 38.5 Å². The molecule has 4 amide bonds. The number of nitrogens with one attached hydrogen (secondary N) is 2. The molecule has 1 aromatic carbocycles. The van der Waals surface area contributed by atoms with Crippen molar-refractivity contribution < 1.29 is 23.5 Å². The van der Waals surface area contributed by atoms with Crippen molar-refractivity contribution in [3.05, 3.63) is 48.0 Å². The highest BCUT2D eigenvalue weighted by molar-refractivity contribution is 6.20. The number of hydrogen-bond acceptors (Lipinski definition) is 6. The Bertz CT molecular complexity index is 1090. The van der Waals surface area contributed by atoms with Crippen molar-refractivity contribution in [3.63, 3.8) is 0 Å². The zero-order chi connectivity index (χ0) is 21.9. The van der Waals surface area contributed by atoms with Crippen molar-refractivity contribution in [3.8, 4) is 11.1 Å². The number of benzene rings is 1. The molecule has 2 N–H and O–H groups in total. The molecule has 3 aliphatic heterocycles. The van der Waals surface area contributed by atoms with Crippen LogP contribution in [0, 0.1) is 11.2 Å². The number of aromatic nitrogens is 1. The first kappa shape index (κ1) is 19.6. The minimum Gasteiger partial charge on any atom is -0.372 e. The average molecular weight is 424 g/mol. The van der Waals surface area contributed by atoms with E-state index in [2.05, 4.69) is 15.6 Å². The van der Waals surface area contributed by atoms with Crippen LogP contribution in [0.25, 0.3) is 11.1 Å². The van der Waals surface area contributed by atoms with E-state index in [4.69, 9.17) is 4.74 Å². The predicted molar refractivity (Wildman–Crippen MR) is 109 cm³/mol. The van der Waals surface area contributed by atoms with Crippen molar-refractivity contribution in [2.75, 3.05) is 11.4 Å². The van der Waals surface area contributed by atoms with Gasteiger partial charge in [0.2, 0.25) is 11.8 Å². The number of ether oxygens (including phenoxy) is 1. The Kier molecular flexibility index (Phi) is 4.33. The van der Waals surface area contributed by atoms with Crippen LogP contribution in [0.4, 0.5) is 14.9 Å². The quantitative estimate of drug-likeness (QED) is 0.677. The van der Waals surface area contributed by atoms with Crippen LogP contribution < -0.4 is 15.5 Å². The molecule has 31 heavy (non-hydrogen) atoms. The number of imide groups is 2. The Morgan fingerprint density at radius 2 is 1.90 bits per heavy atom. The van der Waals surface area contributed by atoms with E-state index in [0.717, 1.165) is 5.56 Å². The van der Waals surface area contributed by atoms with E-state index in [9.17, 15) is 14.4 Å². The lowest BCUT2D eigenvalue weighted by Gasteiger charge is -2.55. The molecule has 0 saturated carbocycles. The maximum absolute atomic E-state index is 15.5. The molecule has 0 radical (unpaired) electrons. The van der Waals surface area contributed by atoms with Crippen molar-refractivity contribution >= 4 is 23.5 Å². The number of halogens is 1. The molecular weight excluding hydrogens is 403 g/mol. The van der Waals surface area contributed by atoms with Gasteiger partial charge in [-0.1, -0.05) is 6.07 Å². The van der Waals surface area contributed by atoms with Crippen LogP contribution in [0.15, 0.2) is 36.7 Å². The summed E-state index contributed by atoms with van der Waals surface area (Å²) in [4.78, 5) is 43.9. The minimum atomic E-state index is -1.62. The van der Waals surface area contributed by atoms with Crippen LogP contribution in [-0.2, 0) is 20.7 Å². The molecule has 4 heterocycles. The van der Waals surface area contributed by atoms with E-state index >= 15 is 4.39 Å². The number of urea groups is 1. The van der Waals surface area contributed by atoms with Gasteiger partial charge in [0.15, 0.2) is 5.41 Å². The predicted octanol–water partition coefficient (Wildman–Crippen LogP) is 1.78. The second-order valence-corrected chi connectivity index (χ2v) is 8.34. The van der Waals surface area contributed by atoms with E-state index < -0.39 is 41.2 Å². The molecular formula is C22H21FN4O4. The lowest BCUT2D eigenvalue weighted by Crippen LogP contribution is -2.75. The highest BCUT2D eigenvalue weighted by Gasteiger charge is 2.63. The van der Waals surface area contributed by atoms with E-state index in [1.165, 1.54) is 6.07 Å². The third-order valence-corrected chi connectivity index (χ3v) is 6.34. The summed E-state index contributed by atoms with van der Waals surface area (Å²) in [6.45, 7) is 3.93. The van der Waals surface area contributed by atoms with Gasteiger partial charge in [-0.2, -0.15) is 0 Å². The number of pyridine rings is 1. The topological polar surface area (TPSA) is 101 Å². The van der Waals surface area contributed by atoms with Gasteiger partial charge in [0, 0.05) is 30.9 Å². The number of carbonyl (C=O) groups is 3. The highest BCUT2D eigenvalue weighted by Crippen LogP contribution is 2.48. The van der Waals surface area contributed by atoms with Crippen LogP contribution in [-0.4, -0.2) is 47.6 Å². The Morgan fingerprint density at radius 3 is 2.58 bits per heavy atom.